The van der Waals surface area contributed by atoms with E-state index >= 15 is 0 Å². The van der Waals surface area contributed by atoms with Gasteiger partial charge in [0.2, 0.25) is 0 Å². The van der Waals surface area contributed by atoms with E-state index in [4.69, 9.17) is 0 Å². The van der Waals surface area contributed by atoms with Crippen molar-refractivity contribution in [1.82, 2.24) is 10.3 Å². The number of thiazole rings is 1. The number of hydrogen-bond donors (Lipinski definition) is 1. The molecule has 0 fully saturated rings. The lowest BCUT2D eigenvalue weighted by molar-refractivity contribution is 0.0954. The molecule has 1 aromatic heterocycles. The number of hydrogen-bond acceptors (Lipinski definition) is 3. The SMILES string of the molecule is C=CCNC(=O)c1csc(-c2ccc(CC)cc2)n1. The van der Waals surface area contributed by atoms with Crippen molar-refractivity contribution in [3.05, 3.63) is 53.6 Å². The molecule has 0 aliphatic rings. The van der Waals surface area contributed by atoms with Crippen LogP contribution in [0.25, 0.3) is 10.6 Å². The Morgan fingerprint density at radius 3 is 2.79 bits per heavy atom. The number of nitrogens with zero attached hydrogens (tertiary/aromatic N) is 1. The molecular weight excluding hydrogens is 256 g/mol. The van der Waals surface area contributed by atoms with Crippen LogP contribution in [-0.4, -0.2) is 17.4 Å². The van der Waals surface area contributed by atoms with Crippen LogP contribution in [0, 0.1) is 0 Å². The number of aryl methyl sites for hydroxylation is 1. The van der Waals surface area contributed by atoms with Gasteiger partial charge in [0.1, 0.15) is 10.7 Å². The molecule has 2 aromatic rings. The predicted molar refractivity (Wildman–Crippen MR) is 79.5 cm³/mol. The molecule has 0 saturated heterocycles. The van der Waals surface area contributed by atoms with Gasteiger partial charge in [-0.15, -0.1) is 17.9 Å². The monoisotopic (exact) mass is 272 g/mol. The van der Waals surface area contributed by atoms with Gasteiger partial charge in [-0.2, -0.15) is 0 Å². The number of aromatic nitrogens is 1. The molecule has 0 bridgehead atoms. The molecule has 1 heterocycles. The van der Waals surface area contributed by atoms with Gasteiger partial charge in [-0.1, -0.05) is 37.3 Å². The van der Waals surface area contributed by atoms with Crippen LogP contribution >= 0.6 is 11.3 Å². The molecule has 0 spiro atoms. The number of benzene rings is 1. The van der Waals surface area contributed by atoms with Crippen LogP contribution in [0.5, 0.6) is 0 Å². The molecule has 1 aromatic carbocycles. The summed E-state index contributed by atoms with van der Waals surface area (Å²) >= 11 is 1.48. The minimum atomic E-state index is -0.160. The molecule has 0 atom stereocenters. The molecule has 1 amide bonds. The van der Waals surface area contributed by atoms with Crippen molar-refractivity contribution in [3.8, 4) is 10.6 Å². The fourth-order valence-corrected chi connectivity index (χ4v) is 2.46. The lowest BCUT2D eigenvalue weighted by Crippen LogP contribution is -2.23. The summed E-state index contributed by atoms with van der Waals surface area (Å²) in [6, 6.07) is 8.27. The first-order valence-corrected chi connectivity index (χ1v) is 7.06. The van der Waals surface area contributed by atoms with E-state index in [1.165, 1.54) is 16.9 Å². The van der Waals surface area contributed by atoms with Crippen LogP contribution in [-0.2, 0) is 6.42 Å². The Labute approximate surface area is 117 Å². The van der Waals surface area contributed by atoms with E-state index < -0.39 is 0 Å². The van der Waals surface area contributed by atoms with Crippen molar-refractivity contribution in [2.45, 2.75) is 13.3 Å². The topological polar surface area (TPSA) is 42.0 Å². The summed E-state index contributed by atoms with van der Waals surface area (Å²) < 4.78 is 0. The van der Waals surface area contributed by atoms with E-state index in [1.807, 2.05) is 12.1 Å². The zero-order valence-electron chi connectivity index (χ0n) is 10.8. The highest BCUT2D eigenvalue weighted by atomic mass is 32.1. The summed E-state index contributed by atoms with van der Waals surface area (Å²) in [7, 11) is 0. The molecule has 2 rings (SSSR count). The maximum atomic E-state index is 11.7. The molecule has 0 radical (unpaired) electrons. The minimum Gasteiger partial charge on any atom is -0.347 e. The van der Waals surface area contributed by atoms with Gasteiger partial charge < -0.3 is 5.32 Å². The van der Waals surface area contributed by atoms with Crippen molar-refractivity contribution in [2.24, 2.45) is 0 Å². The summed E-state index contributed by atoms with van der Waals surface area (Å²) in [6.45, 7) is 6.14. The van der Waals surface area contributed by atoms with Crippen LogP contribution in [0.1, 0.15) is 23.0 Å². The second kappa shape index (κ2) is 6.29. The van der Waals surface area contributed by atoms with Crippen LogP contribution in [0.3, 0.4) is 0 Å². The maximum absolute atomic E-state index is 11.7. The van der Waals surface area contributed by atoms with Crippen molar-refractivity contribution in [1.29, 1.82) is 0 Å². The first kappa shape index (κ1) is 13.5. The second-order valence-electron chi connectivity index (χ2n) is 4.09. The normalized spacial score (nSPS) is 10.2. The fraction of sp³-hybridized carbons (Fsp3) is 0.200. The highest BCUT2D eigenvalue weighted by Crippen LogP contribution is 2.24. The lowest BCUT2D eigenvalue weighted by Gasteiger charge is -1.99. The minimum absolute atomic E-state index is 0.160. The van der Waals surface area contributed by atoms with E-state index in [9.17, 15) is 4.79 Å². The molecular formula is C15H16N2OS. The van der Waals surface area contributed by atoms with Gasteiger partial charge in [0.25, 0.3) is 5.91 Å². The third-order valence-corrected chi connectivity index (χ3v) is 3.64. The molecule has 0 aliphatic carbocycles. The summed E-state index contributed by atoms with van der Waals surface area (Å²) in [5.41, 5.74) is 2.80. The predicted octanol–water partition coefficient (Wildman–Crippen LogP) is 3.29. The first-order chi connectivity index (χ1) is 9.24. The van der Waals surface area contributed by atoms with Crippen LogP contribution < -0.4 is 5.32 Å². The maximum Gasteiger partial charge on any atom is 0.271 e. The second-order valence-corrected chi connectivity index (χ2v) is 4.95. The van der Waals surface area contributed by atoms with Gasteiger partial charge in [-0.3, -0.25) is 4.79 Å². The number of rotatable bonds is 5. The van der Waals surface area contributed by atoms with Gasteiger partial charge >= 0.3 is 0 Å². The first-order valence-electron chi connectivity index (χ1n) is 6.18. The van der Waals surface area contributed by atoms with Crippen molar-refractivity contribution < 1.29 is 4.79 Å². The number of carbonyl (C=O) groups excluding carboxylic acids is 1. The van der Waals surface area contributed by atoms with Gasteiger partial charge in [0.05, 0.1) is 0 Å². The Morgan fingerprint density at radius 1 is 1.42 bits per heavy atom. The molecule has 19 heavy (non-hydrogen) atoms. The molecule has 1 N–H and O–H groups in total. The van der Waals surface area contributed by atoms with Gasteiger partial charge in [0.15, 0.2) is 0 Å². The standard InChI is InChI=1S/C15H16N2OS/c1-3-9-16-14(18)13-10-19-15(17-13)12-7-5-11(4-2)6-8-12/h3,5-8,10H,1,4,9H2,2H3,(H,16,18). The number of nitrogens with one attached hydrogen (secondary N) is 1. The van der Waals surface area contributed by atoms with E-state index in [0.717, 1.165) is 17.0 Å². The van der Waals surface area contributed by atoms with Gasteiger partial charge in [-0.25, -0.2) is 4.98 Å². The molecule has 98 valence electrons. The van der Waals surface area contributed by atoms with E-state index in [1.54, 1.807) is 11.5 Å². The summed E-state index contributed by atoms with van der Waals surface area (Å²) in [5.74, 6) is -0.160. The number of carbonyl (C=O) groups is 1. The molecule has 0 unspecified atom stereocenters. The third kappa shape index (κ3) is 3.29. The zero-order valence-corrected chi connectivity index (χ0v) is 11.7. The van der Waals surface area contributed by atoms with Crippen LogP contribution in [0.15, 0.2) is 42.3 Å². The third-order valence-electron chi connectivity index (χ3n) is 2.75. The van der Waals surface area contributed by atoms with E-state index in [0.29, 0.717) is 12.2 Å². The van der Waals surface area contributed by atoms with Gasteiger partial charge in [-0.05, 0) is 12.0 Å². The summed E-state index contributed by atoms with van der Waals surface area (Å²) in [6.07, 6.45) is 2.67. The largest absolute Gasteiger partial charge is 0.347 e. The van der Waals surface area contributed by atoms with Gasteiger partial charge in [0, 0.05) is 17.5 Å². The fourth-order valence-electron chi connectivity index (χ4n) is 1.65. The molecule has 4 heteroatoms. The van der Waals surface area contributed by atoms with Crippen molar-refractivity contribution in [2.75, 3.05) is 6.54 Å². The Morgan fingerprint density at radius 2 is 2.16 bits per heavy atom. The zero-order chi connectivity index (χ0) is 13.7. The Bertz CT molecular complexity index is 572. The quantitative estimate of drug-likeness (QED) is 0.849. The average molecular weight is 272 g/mol. The molecule has 0 aliphatic heterocycles. The summed E-state index contributed by atoms with van der Waals surface area (Å²) in [4.78, 5) is 16.1. The Kier molecular flexibility index (Phi) is 4.47. The highest BCUT2D eigenvalue weighted by molar-refractivity contribution is 7.13. The van der Waals surface area contributed by atoms with Crippen LogP contribution in [0.4, 0.5) is 0 Å². The molecule has 0 saturated carbocycles. The smallest absolute Gasteiger partial charge is 0.271 e. The van der Waals surface area contributed by atoms with E-state index in [2.05, 4.69) is 35.9 Å². The van der Waals surface area contributed by atoms with Crippen molar-refractivity contribution >= 4 is 17.2 Å². The van der Waals surface area contributed by atoms with Crippen LogP contribution in [0.2, 0.25) is 0 Å². The Balaban J connectivity index is 2.15. The number of amides is 1. The molecule has 3 nitrogen and oxygen atoms in total. The lowest BCUT2D eigenvalue weighted by atomic mass is 10.1. The average Bonchev–Trinajstić information content (AvgIpc) is 2.94. The summed E-state index contributed by atoms with van der Waals surface area (Å²) in [5, 5.41) is 5.37. The van der Waals surface area contributed by atoms with E-state index in [-0.39, 0.29) is 5.91 Å². The highest BCUT2D eigenvalue weighted by Gasteiger charge is 2.10. The van der Waals surface area contributed by atoms with Crippen molar-refractivity contribution in [3.63, 3.8) is 0 Å². The Hall–Kier alpha value is -1.94.